The molecule has 1 rings (SSSR count). The Hall–Kier alpha value is -0.660. The molecule has 0 aromatic heterocycles. The summed E-state index contributed by atoms with van der Waals surface area (Å²) in [6.45, 7) is 5.84. The van der Waals surface area contributed by atoms with E-state index in [2.05, 4.69) is 43.1 Å². The molecule has 0 amide bonds. The first kappa shape index (κ1) is 27.4. The maximum absolute atomic E-state index is 2.59. The molecule has 30 heavy (non-hydrogen) atoms. The summed E-state index contributed by atoms with van der Waals surface area (Å²) in [5, 5.41) is 0. The van der Waals surface area contributed by atoms with Gasteiger partial charge in [0.05, 0.1) is 0 Å². The van der Waals surface area contributed by atoms with Crippen LogP contribution in [-0.4, -0.2) is 29.6 Å². The summed E-state index contributed by atoms with van der Waals surface area (Å²) < 4.78 is 0. The largest absolute Gasteiger partial charge is 0.359 e. The van der Waals surface area contributed by atoms with Gasteiger partial charge in [-0.25, -0.2) is 0 Å². The third kappa shape index (κ3) is 14.4. The van der Waals surface area contributed by atoms with Gasteiger partial charge in [-0.2, -0.15) is 0 Å². The molecular weight excluding hydrogens is 364 g/mol. The zero-order valence-corrected chi connectivity index (χ0v) is 21.2. The van der Waals surface area contributed by atoms with E-state index in [1.807, 2.05) is 0 Å². The van der Waals surface area contributed by atoms with Gasteiger partial charge in [0.1, 0.15) is 6.17 Å². The molecule has 0 aromatic carbocycles. The number of unbranched alkanes of at least 4 members (excludes halogenated alkanes) is 18. The van der Waals surface area contributed by atoms with Gasteiger partial charge in [-0.15, -0.1) is 0 Å². The predicted molar refractivity (Wildman–Crippen MR) is 136 cm³/mol. The minimum atomic E-state index is 0.623. The van der Waals surface area contributed by atoms with Crippen LogP contribution in [0, 0.1) is 0 Å². The highest BCUT2D eigenvalue weighted by Crippen LogP contribution is 2.21. The zero-order valence-electron chi connectivity index (χ0n) is 21.2. The average molecular weight is 421 g/mol. The predicted octanol–water partition coefficient (Wildman–Crippen LogP) is 9.26. The van der Waals surface area contributed by atoms with Crippen molar-refractivity contribution in [1.82, 2.24) is 9.80 Å². The molecule has 0 N–H and O–H groups in total. The van der Waals surface area contributed by atoms with Crippen molar-refractivity contribution in [3.05, 3.63) is 12.4 Å². The van der Waals surface area contributed by atoms with Crippen LogP contribution in [0.5, 0.6) is 0 Å². The molecule has 0 bridgehead atoms. The van der Waals surface area contributed by atoms with E-state index in [0.29, 0.717) is 6.17 Å². The third-order valence-corrected chi connectivity index (χ3v) is 6.93. The van der Waals surface area contributed by atoms with Crippen LogP contribution >= 0.6 is 0 Å². The van der Waals surface area contributed by atoms with Crippen molar-refractivity contribution < 1.29 is 0 Å². The second-order valence-corrected chi connectivity index (χ2v) is 9.83. The lowest BCUT2D eigenvalue weighted by molar-refractivity contribution is 0.159. The monoisotopic (exact) mass is 420 g/mol. The first-order valence-electron chi connectivity index (χ1n) is 14.0. The molecule has 0 saturated heterocycles. The molecule has 178 valence electrons. The van der Waals surface area contributed by atoms with Crippen molar-refractivity contribution in [3.63, 3.8) is 0 Å². The average Bonchev–Trinajstić information content (AvgIpc) is 3.10. The molecule has 2 heteroatoms. The second kappa shape index (κ2) is 20.3. The van der Waals surface area contributed by atoms with Crippen LogP contribution in [0.25, 0.3) is 0 Å². The van der Waals surface area contributed by atoms with E-state index < -0.39 is 0 Å². The Kier molecular flexibility index (Phi) is 18.5. The van der Waals surface area contributed by atoms with Crippen LogP contribution in [0.2, 0.25) is 0 Å². The van der Waals surface area contributed by atoms with Crippen LogP contribution in [0.15, 0.2) is 12.4 Å². The fourth-order valence-electron chi connectivity index (χ4n) is 4.81. The Morgan fingerprint density at radius 1 is 0.500 bits per heavy atom. The topological polar surface area (TPSA) is 6.48 Å². The number of hydrogen-bond acceptors (Lipinski definition) is 2. The van der Waals surface area contributed by atoms with Crippen LogP contribution in [0.3, 0.4) is 0 Å². The summed E-state index contributed by atoms with van der Waals surface area (Å²) in [6, 6.07) is 0. The Bertz CT molecular complexity index is 379. The van der Waals surface area contributed by atoms with Crippen molar-refractivity contribution in [3.8, 4) is 0 Å². The number of rotatable bonds is 22. The summed E-state index contributed by atoms with van der Waals surface area (Å²) in [6.07, 6.45) is 35.2. The third-order valence-electron chi connectivity index (χ3n) is 6.93. The first-order chi connectivity index (χ1) is 14.8. The van der Waals surface area contributed by atoms with E-state index in [4.69, 9.17) is 0 Å². The molecular formula is C28H56N2. The van der Waals surface area contributed by atoms with Gasteiger partial charge >= 0.3 is 0 Å². The summed E-state index contributed by atoms with van der Waals surface area (Å²) in [7, 11) is 2.25. The van der Waals surface area contributed by atoms with E-state index in [0.717, 1.165) is 0 Å². The van der Waals surface area contributed by atoms with E-state index in [1.165, 1.54) is 141 Å². The molecule has 1 aliphatic heterocycles. The highest BCUT2D eigenvalue weighted by molar-refractivity contribution is 4.95. The lowest BCUT2D eigenvalue weighted by atomic mass is 10.0. The minimum absolute atomic E-state index is 0.623. The zero-order chi connectivity index (χ0) is 21.7. The summed E-state index contributed by atoms with van der Waals surface area (Å²) in [5.74, 6) is 0. The van der Waals surface area contributed by atoms with Gasteiger partial charge < -0.3 is 9.80 Å². The van der Waals surface area contributed by atoms with E-state index in [9.17, 15) is 0 Å². The maximum atomic E-state index is 2.59. The Balaban J connectivity index is 1.88. The standard InChI is InChI=1S/C28H56N2/c1-4-6-8-10-11-12-13-14-15-16-17-18-19-20-22-24-28-29(3)26-27-30(28)25-23-21-9-7-5-2/h26-28H,4-25H2,1-3H3. The van der Waals surface area contributed by atoms with Gasteiger partial charge in [0, 0.05) is 26.0 Å². The van der Waals surface area contributed by atoms with E-state index in [1.54, 1.807) is 0 Å². The SMILES string of the molecule is CCCCCCCCCCCCCCCCCC1N(C)C=CN1CCCCCCC. The summed E-state index contributed by atoms with van der Waals surface area (Å²) in [5.41, 5.74) is 0. The van der Waals surface area contributed by atoms with Crippen molar-refractivity contribution in [2.24, 2.45) is 0 Å². The molecule has 1 aliphatic rings. The van der Waals surface area contributed by atoms with Crippen LogP contribution in [-0.2, 0) is 0 Å². The van der Waals surface area contributed by atoms with Gasteiger partial charge in [0.2, 0.25) is 0 Å². The van der Waals surface area contributed by atoms with Gasteiger partial charge in [-0.1, -0.05) is 129 Å². The normalized spacial score (nSPS) is 16.2. The van der Waals surface area contributed by atoms with Gasteiger partial charge in [-0.05, 0) is 19.3 Å². The lowest BCUT2D eigenvalue weighted by Gasteiger charge is -2.30. The summed E-state index contributed by atoms with van der Waals surface area (Å²) >= 11 is 0. The Morgan fingerprint density at radius 2 is 0.900 bits per heavy atom. The smallest absolute Gasteiger partial charge is 0.100 e. The van der Waals surface area contributed by atoms with Crippen molar-refractivity contribution in [2.75, 3.05) is 13.6 Å². The van der Waals surface area contributed by atoms with Gasteiger partial charge in [0.15, 0.2) is 0 Å². The minimum Gasteiger partial charge on any atom is -0.359 e. The molecule has 0 aliphatic carbocycles. The molecule has 1 atom stereocenters. The fourth-order valence-corrected chi connectivity index (χ4v) is 4.81. The van der Waals surface area contributed by atoms with Gasteiger partial charge in [-0.3, -0.25) is 0 Å². The second-order valence-electron chi connectivity index (χ2n) is 9.83. The number of nitrogens with zero attached hydrogens (tertiary/aromatic N) is 2. The molecule has 0 spiro atoms. The Labute approximate surface area is 190 Å². The lowest BCUT2D eigenvalue weighted by Crippen LogP contribution is -2.37. The van der Waals surface area contributed by atoms with Crippen molar-refractivity contribution >= 4 is 0 Å². The van der Waals surface area contributed by atoms with Crippen molar-refractivity contribution in [1.29, 1.82) is 0 Å². The van der Waals surface area contributed by atoms with E-state index in [-0.39, 0.29) is 0 Å². The highest BCUT2D eigenvalue weighted by Gasteiger charge is 2.22. The quantitative estimate of drug-likeness (QED) is 0.161. The van der Waals surface area contributed by atoms with Crippen LogP contribution in [0.4, 0.5) is 0 Å². The highest BCUT2D eigenvalue weighted by atomic mass is 15.4. The maximum Gasteiger partial charge on any atom is 0.100 e. The molecule has 1 heterocycles. The summed E-state index contributed by atoms with van der Waals surface area (Å²) in [4.78, 5) is 5.02. The molecule has 0 aromatic rings. The number of hydrogen-bond donors (Lipinski definition) is 0. The molecule has 2 nitrogen and oxygen atoms in total. The molecule has 0 fully saturated rings. The van der Waals surface area contributed by atoms with Crippen molar-refractivity contribution in [2.45, 2.75) is 155 Å². The molecule has 0 saturated carbocycles. The van der Waals surface area contributed by atoms with Crippen LogP contribution < -0.4 is 0 Å². The fraction of sp³-hybridized carbons (Fsp3) is 0.929. The molecule has 1 unspecified atom stereocenters. The van der Waals surface area contributed by atoms with E-state index >= 15 is 0 Å². The van der Waals surface area contributed by atoms with Gasteiger partial charge in [0.25, 0.3) is 0 Å². The molecule has 0 radical (unpaired) electrons. The Morgan fingerprint density at radius 3 is 1.37 bits per heavy atom. The first-order valence-corrected chi connectivity index (χ1v) is 14.0. The van der Waals surface area contributed by atoms with Crippen LogP contribution in [0.1, 0.15) is 149 Å².